The fourth-order valence-corrected chi connectivity index (χ4v) is 1.98. The molecule has 1 atom stereocenters. The van der Waals surface area contributed by atoms with Crippen LogP contribution in [0.2, 0.25) is 0 Å². The van der Waals surface area contributed by atoms with Crippen molar-refractivity contribution >= 4 is 0 Å². The van der Waals surface area contributed by atoms with E-state index >= 15 is 0 Å². The van der Waals surface area contributed by atoms with Crippen molar-refractivity contribution in [1.82, 2.24) is 4.90 Å². The number of hydrogen-bond donors (Lipinski definition) is 1. The first-order valence-corrected chi connectivity index (χ1v) is 6.22. The van der Waals surface area contributed by atoms with E-state index in [0.717, 1.165) is 18.5 Å². The van der Waals surface area contributed by atoms with Gasteiger partial charge in [0.1, 0.15) is 11.6 Å². The molecule has 0 spiro atoms. The van der Waals surface area contributed by atoms with Gasteiger partial charge in [0.15, 0.2) is 0 Å². The van der Waals surface area contributed by atoms with Crippen molar-refractivity contribution in [2.45, 2.75) is 19.9 Å². The zero-order valence-electron chi connectivity index (χ0n) is 11.3. The Bertz CT molecular complexity index is 367. The summed E-state index contributed by atoms with van der Waals surface area (Å²) in [5.74, 6) is 0.697. The molecule has 1 N–H and O–H groups in total. The molecule has 0 aliphatic rings. The average Bonchev–Trinajstić information content (AvgIpc) is 2.36. The predicted molar refractivity (Wildman–Crippen MR) is 70.2 cm³/mol. The van der Waals surface area contributed by atoms with Crippen molar-refractivity contribution < 1.29 is 14.2 Å². The highest BCUT2D eigenvalue weighted by molar-refractivity contribution is 5.33. The van der Waals surface area contributed by atoms with E-state index in [2.05, 4.69) is 11.8 Å². The largest absolute Gasteiger partial charge is 0.496 e. The lowest BCUT2D eigenvalue weighted by atomic mass is 10.1. The molecule has 0 fully saturated rings. The number of halogens is 1. The molecule has 0 heterocycles. The Hall–Kier alpha value is -1.13. The van der Waals surface area contributed by atoms with E-state index in [1.807, 2.05) is 7.05 Å². The minimum atomic E-state index is -0.256. The second kappa shape index (κ2) is 7.34. The van der Waals surface area contributed by atoms with Gasteiger partial charge < -0.3 is 14.7 Å². The summed E-state index contributed by atoms with van der Waals surface area (Å²) in [6, 6.07) is 4.53. The van der Waals surface area contributed by atoms with Gasteiger partial charge in [-0.2, -0.15) is 0 Å². The van der Waals surface area contributed by atoms with Gasteiger partial charge in [0.25, 0.3) is 0 Å². The van der Waals surface area contributed by atoms with Gasteiger partial charge in [-0.05, 0) is 37.6 Å². The summed E-state index contributed by atoms with van der Waals surface area (Å²) < 4.78 is 18.4. The van der Waals surface area contributed by atoms with Gasteiger partial charge in [0, 0.05) is 25.3 Å². The van der Waals surface area contributed by atoms with Crippen molar-refractivity contribution in [3.63, 3.8) is 0 Å². The van der Waals surface area contributed by atoms with Gasteiger partial charge in [-0.3, -0.25) is 0 Å². The molecular formula is C14H22FNO2. The quantitative estimate of drug-likeness (QED) is 0.811. The number of aliphatic hydroxyl groups excluding tert-OH is 1. The summed E-state index contributed by atoms with van der Waals surface area (Å²) in [5.41, 5.74) is 0.827. The Balaban J connectivity index is 2.68. The molecule has 1 unspecified atom stereocenters. The molecule has 18 heavy (non-hydrogen) atoms. The van der Waals surface area contributed by atoms with E-state index in [1.54, 1.807) is 13.2 Å². The van der Waals surface area contributed by atoms with E-state index in [-0.39, 0.29) is 18.3 Å². The van der Waals surface area contributed by atoms with Gasteiger partial charge >= 0.3 is 0 Å². The van der Waals surface area contributed by atoms with Gasteiger partial charge in [0.2, 0.25) is 0 Å². The molecule has 0 bridgehead atoms. The Labute approximate surface area is 108 Å². The molecule has 0 aliphatic carbocycles. The zero-order chi connectivity index (χ0) is 13.5. The van der Waals surface area contributed by atoms with Gasteiger partial charge in [-0.1, -0.05) is 6.92 Å². The highest BCUT2D eigenvalue weighted by Crippen LogP contribution is 2.21. The summed E-state index contributed by atoms with van der Waals surface area (Å²) in [4.78, 5) is 2.07. The number of nitrogens with zero attached hydrogens (tertiary/aromatic N) is 1. The number of methoxy groups -OCH3 is 1. The first kappa shape index (κ1) is 14.9. The number of hydrogen-bond acceptors (Lipinski definition) is 3. The highest BCUT2D eigenvalue weighted by atomic mass is 19.1. The van der Waals surface area contributed by atoms with Gasteiger partial charge in [-0.25, -0.2) is 4.39 Å². The molecule has 3 nitrogen and oxygen atoms in total. The predicted octanol–water partition coefficient (Wildman–Crippen LogP) is 2.28. The summed E-state index contributed by atoms with van der Waals surface area (Å²) >= 11 is 0. The third-order valence-corrected chi connectivity index (χ3v) is 3.09. The second-order valence-electron chi connectivity index (χ2n) is 4.61. The van der Waals surface area contributed by atoms with Crippen LogP contribution in [0.25, 0.3) is 0 Å². The van der Waals surface area contributed by atoms with Gasteiger partial charge in [-0.15, -0.1) is 0 Å². The van der Waals surface area contributed by atoms with Crippen LogP contribution in [0.5, 0.6) is 5.75 Å². The molecule has 4 heteroatoms. The van der Waals surface area contributed by atoms with Crippen LogP contribution in [0.4, 0.5) is 4.39 Å². The monoisotopic (exact) mass is 255 g/mol. The highest BCUT2D eigenvalue weighted by Gasteiger charge is 2.11. The number of benzene rings is 1. The van der Waals surface area contributed by atoms with Crippen molar-refractivity contribution in [2.75, 3.05) is 27.3 Å². The Morgan fingerprint density at radius 2 is 2.17 bits per heavy atom. The summed E-state index contributed by atoms with van der Waals surface area (Å²) in [7, 11) is 3.54. The Morgan fingerprint density at radius 3 is 2.72 bits per heavy atom. The summed E-state index contributed by atoms with van der Waals surface area (Å²) in [5, 5.41) is 9.17. The minimum Gasteiger partial charge on any atom is -0.496 e. The normalized spacial score (nSPS) is 12.8. The third-order valence-electron chi connectivity index (χ3n) is 3.09. The number of rotatable bonds is 7. The lowest BCUT2D eigenvalue weighted by Crippen LogP contribution is -2.27. The molecular weight excluding hydrogens is 233 g/mol. The Kier molecular flexibility index (Phi) is 6.09. The van der Waals surface area contributed by atoms with Crippen LogP contribution >= 0.6 is 0 Å². The SMILES string of the molecule is CCC(CO)CN(C)Cc1cc(F)ccc1OC. The lowest BCUT2D eigenvalue weighted by molar-refractivity contribution is 0.172. The van der Waals surface area contributed by atoms with Crippen molar-refractivity contribution in [3.05, 3.63) is 29.6 Å². The molecule has 0 radical (unpaired) electrons. The molecule has 1 aromatic rings. The van der Waals surface area contributed by atoms with Crippen molar-refractivity contribution in [1.29, 1.82) is 0 Å². The molecule has 0 aromatic heterocycles. The van der Waals surface area contributed by atoms with E-state index in [4.69, 9.17) is 4.74 Å². The fourth-order valence-electron chi connectivity index (χ4n) is 1.98. The molecule has 0 amide bonds. The fraction of sp³-hybridized carbons (Fsp3) is 0.571. The zero-order valence-corrected chi connectivity index (χ0v) is 11.3. The maximum atomic E-state index is 13.2. The molecule has 102 valence electrons. The molecule has 0 aliphatic heterocycles. The maximum Gasteiger partial charge on any atom is 0.123 e. The first-order chi connectivity index (χ1) is 8.60. The molecule has 0 saturated carbocycles. The molecule has 1 rings (SSSR count). The number of aliphatic hydroxyl groups is 1. The lowest BCUT2D eigenvalue weighted by Gasteiger charge is -2.22. The van der Waals surface area contributed by atoms with Crippen LogP contribution in [-0.4, -0.2) is 37.3 Å². The number of ether oxygens (including phenoxy) is 1. The van der Waals surface area contributed by atoms with Crippen LogP contribution in [0, 0.1) is 11.7 Å². The standard InChI is InChI=1S/C14H22FNO2/c1-4-11(10-17)8-16(2)9-12-7-13(15)5-6-14(12)18-3/h5-7,11,17H,4,8-10H2,1-3H3. The van der Waals surface area contributed by atoms with Crippen LogP contribution in [0.1, 0.15) is 18.9 Å². The van der Waals surface area contributed by atoms with Crippen molar-refractivity contribution in [2.24, 2.45) is 5.92 Å². The summed E-state index contributed by atoms with van der Waals surface area (Å²) in [6.07, 6.45) is 0.932. The van der Waals surface area contributed by atoms with Crippen LogP contribution in [-0.2, 0) is 6.54 Å². The smallest absolute Gasteiger partial charge is 0.123 e. The van der Waals surface area contributed by atoms with Crippen molar-refractivity contribution in [3.8, 4) is 5.75 Å². The van der Waals surface area contributed by atoms with E-state index in [0.29, 0.717) is 12.3 Å². The van der Waals surface area contributed by atoms with E-state index in [9.17, 15) is 9.50 Å². The van der Waals surface area contributed by atoms with Crippen LogP contribution < -0.4 is 4.74 Å². The average molecular weight is 255 g/mol. The summed E-state index contributed by atoms with van der Waals surface area (Å²) in [6.45, 7) is 3.63. The Morgan fingerprint density at radius 1 is 1.44 bits per heavy atom. The molecule has 1 aromatic carbocycles. The van der Waals surface area contributed by atoms with E-state index < -0.39 is 0 Å². The van der Waals surface area contributed by atoms with Crippen LogP contribution in [0.15, 0.2) is 18.2 Å². The second-order valence-corrected chi connectivity index (χ2v) is 4.61. The third kappa shape index (κ3) is 4.27. The minimum absolute atomic E-state index is 0.182. The first-order valence-electron chi connectivity index (χ1n) is 6.22. The molecule has 0 saturated heterocycles. The maximum absolute atomic E-state index is 13.2. The van der Waals surface area contributed by atoms with E-state index in [1.165, 1.54) is 12.1 Å². The van der Waals surface area contributed by atoms with Crippen LogP contribution in [0.3, 0.4) is 0 Å². The van der Waals surface area contributed by atoms with Gasteiger partial charge in [0.05, 0.1) is 7.11 Å². The topological polar surface area (TPSA) is 32.7 Å².